The summed E-state index contributed by atoms with van der Waals surface area (Å²) in [7, 11) is 0. The Kier molecular flexibility index (Phi) is 1.87. The highest BCUT2D eigenvalue weighted by Crippen LogP contribution is 2.49. The first-order valence-electron chi connectivity index (χ1n) is 4.65. The van der Waals surface area contributed by atoms with Crippen molar-refractivity contribution in [2.45, 2.75) is 37.9 Å². The third-order valence-electron chi connectivity index (χ3n) is 3.08. The van der Waals surface area contributed by atoms with Gasteiger partial charge in [0.25, 0.3) is 0 Å². The molecular weight excluding hydrogens is 152 g/mol. The second kappa shape index (κ2) is 2.77. The number of rotatable bonds is 3. The summed E-state index contributed by atoms with van der Waals surface area (Å²) in [6, 6.07) is 0. The molecule has 0 N–H and O–H groups in total. The normalized spacial score (nSPS) is 44.8. The molecule has 2 rings (SSSR count). The van der Waals surface area contributed by atoms with Crippen molar-refractivity contribution in [3.8, 4) is 0 Å². The van der Waals surface area contributed by atoms with Gasteiger partial charge in [-0.2, -0.15) is 0 Å². The van der Waals surface area contributed by atoms with E-state index >= 15 is 0 Å². The molecule has 2 nitrogen and oxygen atoms in total. The van der Waals surface area contributed by atoms with Crippen molar-refractivity contribution < 1.29 is 9.47 Å². The molecule has 1 saturated carbocycles. The van der Waals surface area contributed by atoms with E-state index < -0.39 is 0 Å². The van der Waals surface area contributed by atoms with E-state index in [9.17, 15) is 0 Å². The molecule has 0 bridgehead atoms. The van der Waals surface area contributed by atoms with Crippen LogP contribution in [0.15, 0.2) is 12.8 Å². The summed E-state index contributed by atoms with van der Waals surface area (Å²) >= 11 is 0. The third-order valence-corrected chi connectivity index (χ3v) is 3.08. The standard InChI is InChI=1S/C10H16O2/c1-3-11-7-8-4-5-10(2)9(6-8)12-10/h3,8-9H,1,4-7H2,2H3/t8?,9-,10?/m0/s1. The van der Waals surface area contributed by atoms with E-state index in [0.717, 1.165) is 6.61 Å². The zero-order chi connectivity index (χ0) is 8.60. The van der Waals surface area contributed by atoms with Gasteiger partial charge >= 0.3 is 0 Å². The van der Waals surface area contributed by atoms with Crippen LogP contribution in [0.25, 0.3) is 0 Å². The van der Waals surface area contributed by atoms with Crippen molar-refractivity contribution in [3.63, 3.8) is 0 Å². The molecule has 0 amide bonds. The van der Waals surface area contributed by atoms with Crippen molar-refractivity contribution in [3.05, 3.63) is 12.8 Å². The minimum atomic E-state index is 0.241. The molecule has 1 aliphatic carbocycles. The Bertz CT molecular complexity index is 190. The number of hydrogen-bond donors (Lipinski definition) is 0. The Morgan fingerprint density at radius 3 is 3.25 bits per heavy atom. The van der Waals surface area contributed by atoms with Gasteiger partial charge in [0.05, 0.1) is 24.6 Å². The minimum absolute atomic E-state index is 0.241. The van der Waals surface area contributed by atoms with Crippen molar-refractivity contribution in [1.82, 2.24) is 0 Å². The van der Waals surface area contributed by atoms with Gasteiger partial charge in [-0.3, -0.25) is 0 Å². The summed E-state index contributed by atoms with van der Waals surface area (Å²) in [4.78, 5) is 0. The van der Waals surface area contributed by atoms with Gasteiger partial charge in [0.1, 0.15) is 0 Å². The van der Waals surface area contributed by atoms with Crippen LogP contribution >= 0.6 is 0 Å². The summed E-state index contributed by atoms with van der Waals surface area (Å²) < 4.78 is 10.8. The summed E-state index contributed by atoms with van der Waals surface area (Å²) in [5.41, 5.74) is 0.241. The van der Waals surface area contributed by atoms with Crippen molar-refractivity contribution >= 4 is 0 Å². The Morgan fingerprint density at radius 2 is 2.58 bits per heavy atom. The van der Waals surface area contributed by atoms with Gasteiger partial charge in [-0.05, 0) is 32.1 Å². The zero-order valence-corrected chi connectivity index (χ0v) is 7.58. The molecule has 2 fully saturated rings. The maximum absolute atomic E-state index is 5.59. The molecule has 0 spiro atoms. The number of ether oxygens (including phenoxy) is 2. The van der Waals surface area contributed by atoms with Gasteiger partial charge < -0.3 is 9.47 Å². The summed E-state index contributed by atoms with van der Waals surface area (Å²) in [6.45, 7) is 6.56. The van der Waals surface area contributed by atoms with Crippen molar-refractivity contribution in [1.29, 1.82) is 0 Å². The van der Waals surface area contributed by atoms with E-state index in [2.05, 4.69) is 13.5 Å². The SMILES string of the molecule is C=COCC1CCC2(C)O[C@H]2C1. The van der Waals surface area contributed by atoms with E-state index in [1.54, 1.807) is 0 Å². The number of fused-ring (bicyclic) bond motifs is 1. The van der Waals surface area contributed by atoms with Gasteiger partial charge in [0.15, 0.2) is 0 Å². The van der Waals surface area contributed by atoms with Crippen LogP contribution in [0.3, 0.4) is 0 Å². The first-order chi connectivity index (χ1) is 5.74. The molecule has 1 heterocycles. The monoisotopic (exact) mass is 168 g/mol. The number of hydrogen-bond acceptors (Lipinski definition) is 2. The molecule has 2 aliphatic rings. The molecule has 3 atom stereocenters. The molecule has 1 aliphatic heterocycles. The van der Waals surface area contributed by atoms with Gasteiger partial charge in [-0.15, -0.1) is 0 Å². The Balaban J connectivity index is 1.78. The quantitative estimate of drug-likeness (QED) is 0.475. The first-order valence-corrected chi connectivity index (χ1v) is 4.65. The van der Waals surface area contributed by atoms with Crippen LogP contribution < -0.4 is 0 Å². The van der Waals surface area contributed by atoms with Crippen LogP contribution in [0.5, 0.6) is 0 Å². The zero-order valence-electron chi connectivity index (χ0n) is 7.58. The maximum Gasteiger partial charge on any atom is 0.0920 e. The molecule has 2 unspecified atom stereocenters. The van der Waals surface area contributed by atoms with Crippen molar-refractivity contribution in [2.24, 2.45) is 5.92 Å². The Morgan fingerprint density at radius 1 is 1.75 bits per heavy atom. The first kappa shape index (κ1) is 8.11. The maximum atomic E-state index is 5.59. The molecule has 0 radical (unpaired) electrons. The van der Waals surface area contributed by atoms with E-state index in [4.69, 9.17) is 9.47 Å². The Hall–Kier alpha value is -0.500. The molecule has 2 heteroatoms. The van der Waals surface area contributed by atoms with Gasteiger partial charge in [-0.25, -0.2) is 0 Å². The largest absolute Gasteiger partial charge is 0.502 e. The summed E-state index contributed by atoms with van der Waals surface area (Å²) in [5, 5.41) is 0. The molecular formula is C10H16O2. The lowest BCUT2D eigenvalue weighted by molar-refractivity contribution is 0.168. The molecule has 1 saturated heterocycles. The average Bonchev–Trinajstić information content (AvgIpc) is 2.72. The van der Waals surface area contributed by atoms with Crippen LogP contribution in [0, 0.1) is 5.92 Å². The number of epoxide rings is 1. The van der Waals surface area contributed by atoms with Crippen LogP contribution in [0.4, 0.5) is 0 Å². The predicted octanol–water partition coefficient (Wildman–Crippen LogP) is 2.10. The van der Waals surface area contributed by atoms with Gasteiger partial charge in [-0.1, -0.05) is 6.58 Å². The fourth-order valence-electron chi connectivity index (χ4n) is 2.08. The van der Waals surface area contributed by atoms with E-state index in [1.165, 1.54) is 25.5 Å². The molecule has 0 aromatic heterocycles. The fourth-order valence-corrected chi connectivity index (χ4v) is 2.08. The van der Waals surface area contributed by atoms with Crippen LogP contribution in [0.1, 0.15) is 26.2 Å². The second-order valence-corrected chi connectivity index (χ2v) is 4.06. The van der Waals surface area contributed by atoms with E-state index in [1.807, 2.05) is 0 Å². The highest BCUT2D eigenvalue weighted by Gasteiger charge is 2.55. The fraction of sp³-hybridized carbons (Fsp3) is 0.800. The smallest absolute Gasteiger partial charge is 0.0920 e. The highest BCUT2D eigenvalue weighted by atomic mass is 16.6. The molecule has 0 aromatic rings. The highest BCUT2D eigenvalue weighted by molar-refractivity contribution is 5.03. The Labute approximate surface area is 73.5 Å². The van der Waals surface area contributed by atoms with Crippen LogP contribution in [-0.2, 0) is 9.47 Å². The van der Waals surface area contributed by atoms with Crippen LogP contribution in [0.2, 0.25) is 0 Å². The lowest BCUT2D eigenvalue weighted by Crippen LogP contribution is -2.23. The van der Waals surface area contributed by atoms with Crippen LogP contribution in [-0.4, -0.2) is 18.3 Å². The summed E-state index contributed by atoms with van der Waals surface area (Å²) in [6.07, 6.45) is 5.65. The van der Waals surface area contributed by atoms with Crippen molar-refractivity contribution in [2.75, 3.05) is 6.61 Å². The lowest BCUT2D eigenvalue weighted by atomic mass is 9.83. The van der Waals surface area contributed by atoms with E-state index in [-0.39, 0.29) is 5.60 Å². The molecule has 12 heavy (non-hydrogen) atoms. The predicted molar refractivity (Wildman–Crippen MR) is 46.8 cm³/mol. The van der Waals surface area contributed by atoms with Gasteiger partial charge in [0, 0.05) is 0 Å². The second-order valence-electron chi connectivity index (χ2n) is 4.06. The van der Waals surface area contributed by atoms with Gasteiger partial charge in [0.2, 0.25) is 0 Å². The minimum Gasteiger partial charge on any atom is -0.502 e. The lowest BCUT2D eigenvalue weighted by Gasteiger charge is -2.21. The molecule has 68 valence electrons. The summed E-state index contributed by atoms with van der Waals surface area (Å²) in [5.74, 6) is 0.684. The topological polar surface area (TPSA) is 21.8 Å². The average molecular weight is 168 g/mol. The molecule has 0 aromatic carbocycles. The third kappa shape index (κ3) is 1.36. The van der Waals surface area contributed by atoms with E-state index in [0.29, 0.717) is 12.0 Å².